The summed E-state index contributed by atoms with van der Waals surface area (Å²) in [6.07, 6.45) is 0.742. The van der Waals surface area contributed by atoms with Gasteiger partial charge in [-0.05, 0) is 42.3 Å². The smallest absolute Gasteiger partial charge is 0.146 e. The Morgan fingerprint density at radius 2 is 1.82 bits per heavy atom. The van der Waals surface area contributed by atoms with Gasteiger partial charge in [-0.25, -0.2) is 9.37 Å². The zero-order valence-corrected chi connectivity index (χ0v) is 12.3. The second kappa shape index (κ2) is 6.35. The van der Waals surface area contributed by atoms with E-state index in [1.165, 1.54) is 12.1 Å². The molecule has 3 nitrogen and oxygen atoms in total. The average Bonchev–Trinajstić information content (AvgIpc) is 2.57. The van der Waals surface area contributed by atoms with Crippen molar-refractivity contribution in [2.45, 2.75) is 13.3 Å². The van der Waals surface area contributed by atoms with E-state index in [4.69, 9.17) is 0 Å². The van der Waals surface area contributed by atoms with Crippen molar-refractivity contribution < 1.29 is 4.39 Å². The predicted octanol–water partition coefficient (Wildman–Crippen LogP) is 4.60. The Balaban J connectivity index is 1.84. The molecule has 0 aliphatic heterocycles. The maximum absolute atomic E-state index is 13.0. The number of benzene rings is 2. The molecule has 0 radical (unpaired) electrons. The molecule has 0 unspecified atom stereocenters. The lowest BCUT2D eigenvalue weighted by Gasteiger charge is -2.06. The topological polar surface area (TPSA) is 37.3 Å². The molecular weight excluding hydrogens is 277 g/mol. The second-order valence-corrected chi connectivity index (χ2v) is 4.92. The van der Waals surface area contributed by atoms with E-state index in [1.807, 2.05) is 43.3 Å². The summed E-state index contributed by atoms with van der Waals surface area (Å²) in [4.78, 5) is 4.51. The fourth-order valence-electron chi connectivity index (χ4n) is 2.24. The van der Waals surface area contributed by atoms with E-state index in [0.29, 0.717) is 5.82 Å². The van der Waals surface area contributed by atoms with Crippen LogP contribution in [0.15, 0.2) is 65.8 Å². The van der Waals surface area contributed by atoms with Gasteiger partial charge in [0, 0.05) is 5.39 Å². The molecule has 0 saturated heterocycles. The Labute approximate surface area is 128 Å². The van der Waals surface area contributed by atoms with Crippen molar-refractivity contribution in [1.29, 1.82) is 0 Å². The minimum absolute atomic E-state index is 0.247. The molecule has 110 valence electrons. The fraction of sp³-hybridized carbons (Fsp3) is 0.111. The molecule has 0 spiro atoms. The first-order valence-electron chi connectivity index (χ1n) is 7.20. The molecule has 2 aromatic carbocycles. The zero-order valence-electron chi connectivity index (χ0n) is 12.3. The molecule has 22 heavy (non-hydrogen) atoms. The summed E-state index contributed by atoms with van der Waals surface area (Å²) < 4.78 is 13.0. The molecule has 0 atom stereocenters. The van der Waals surface area contributed by atoms with E-state index >= 15 is 0 Å². The lowest BCUT2D eigenvalue weighted by molar-refractivity contribution is 0.627. The summed E-state index contributed by atoms with van der Waals surface area (Å²) in [5.74, 6) is 0.440. The Morgan fingerprint density at radius 1 is 1.05 bits per heavy atom. The van der Waals surface area contributed by atoms with Gasteiger partial charge in [-0.2, -0.15) is 5.10 Å². The first-order chi connectivity index (χ1) is 10.8. The number of nitrogens with zero attached hydrogens (tertiary/aromatic N) is 2. The van der Waals surface area contributed by atoms with Gasteiger partial charge in [0.05, 0.1) is 11.2 Å². The summed E-state index contributed by atoms with van der Waals surface area (Å²) in [5.41, 5.74) is 5.66. The Kier molecular flexibility index (Phi) is 4.10. The average molecular weight is 293 g/mol. The van der Waals surface area contributed by atoms with Crippen molar-refractivity contribution in [2.75, 3.05) is 5.43 Å². The van der Waals surface area contributed by atoms with Crippen LogP contribution in [0.3, 0.4) is 0 Å². The third-order valence-corrected chi connectivity index (χ3v) is 3.42. The minimum Gasteiger partial charge on any atom is -0.261 e. The molecule has 3 aromatic rings. The zero-order chi connectivity index (χ0) is 15.4. The van der Waals surface area contributed by atoms with E-state index in [2.05, 4.69) is 15.5 Å². The molecule has 0 aliphatic carbocycles. The Bertz CT molecular complexity index is 810. The molecule has 0 aliphatic rings. The van der Waals surface area contributed by atoms with Gasteiger partial charge in [0.15, 0.2) is 0 Å². The number of nitrogens with one attached hydrogen (secondary N) is 1. The number of hydrogen-bond donors (Lipinski definition) is 1. The van der Waals surface area contributed by atoms with Crippen LogP contribution in [-0.4, -0.2) is 10.7 Å². The normalized spacial score (nSPS) is 11.6. The van der Waals surface area contributed by atoms with Crippen molar-refractivity contribution in [3.8, 4) is 0 Å². The first kappa shape index (κ1) is 14.2. The largest absolute Gasteiger partial charge is 0.261 e. The van der Waals surface area contributed by atoms with Gasteiger partial charge in [-0.15, -0.1) is 0 Å². The maximum Gasteiger partial charge on any atom is 0.146 e. The SMILES string of the molecule is CC/C(=N\Nc1ccc2ccccc2n1)c1ccc(F)cc1. The van der Waals surface area contributed by atoms with Crippen LogP contribution < -0.4 is 5.43 Å². The van der Waals surface area contributed by atoms with Crippen LogP contribution in [0.1, 0.15) is 18.9 Å². The van der Waals surface area contributed by atoms with Crippen molar-refractivity contribution in [3.05, 3.63) is 72.0 Å². The molecule has 4 heteroatoms. The highest BCUT2D eigenvalue weighted by Crippen LogP contribution is 2.15. The number of fused-ring (bicyclic) bond motifs is 1. The molecule has 3 rings (SSSR count). The standard InChI is InChI=1S/C18H16FN3/c1-2-16(14-7-10-15(19)11-8-14)21-22-18-12-9-13-5-3-4-6-17(13)20-18/h3-12H,2H2,1H3,(H,20,22)/b21-16+. The number of halogens is 1. The maximum atomic E-state index is 13.0. The van der Waals surface area contributed by atoms with Gasteiger partial charge in [0.25, 0.3) is 0 Å². The van der Waals surface area contributed by atoms with E-state index in [1.54, 1.807) is 12.1 Å². The fourth-order valence-corrected chi connectivity index (χ4v) is 2.24. The number of aromatic nitrogens is 1. The highest BCUT2D eigenvalue weighted by Gasteiger charge is 2.02. The molecule has 1 heterocycles. The summed E-state index contributed by atoms with van der Waals surface area (Å²) >= 11 is 0. The van der Waals surface area contributed by atoms with Gasteiger partial charge in [0.1, 0.15) is 11.6 Å². The van der Waals surface area contributed by atoms with Gasteiger partial charge < -0.3 is 0 Å². The Hall–Kier alpha value is -2.75. The van der Waals surface area contributed by atoms with Gasteiger partial charge in [0.2, 0.25) is 0 Å². The van der Waals surface area contributed by atoms with Gasteiger partial charge in [-0.1, -0.05) is 37.3 Å². The van der Waals surface area contributed by atoms with Gasteiger partial charge >= 0.3 is 0 Å². The highest BCUT2D eigenvalue weighted by molar-refractivity contribution is 6.00. The monoisotopic (exact) mass is 293 g/mol. The van der Waals surface area contributed by atoms with Gasteiger partial charge in [-0.3, -0.25) is 5.43 Å². The van der Waals surface area contributed by atoms with Crippen LogP contribution in [0, 0.1) is 5.82 Å². The van der Waals surface area contributed by atoms with Crippen LogP contribution in [0.4, 0.5) is 10.2 Å². The number of hydrazone groups is 1. The van der Waals surface area contributed by atoms with E-state index < -0.39 is 0 Å². The minimum atomic E-state index is -0.247. The summed E-state index contributed by atoms with van der Waals surface area (Å²) in [6, 6.07) is 18.2. The lowest BCUT2D eigenvalue weighted by Crippen LogP contribution is -2.04. The van der Waals surface area contributed by atoms with Crippen LogP contribution in [0.5, 0.6) is 0 Å². The lowest BCUT2D eigenvalue weighted by atomic mass is 10.1. The van der Waals surface area contributed by atoms with E-state index in [0.717, 1.165) is 28.6 Å². The first-order valence-corrected chi connectivity index (χ1v) is 7.20. The van der Waals surface area contributed by atoms with E-state index in [9.17, 15) is 4.39 Å². The third kappa shape index (κ3) is 3.11. The van der Waals surface area contributed by atoms with Crippen molar-refractivity contribution >= 4 is 22.4 Å². The molecule has 0 amide bonds. The summed E-state index contributed by atoms with van der Waals surface area (Å²) in [7, 11) is 0. The number of hydrogen-bond acceptors (Lipinski definition) is 3. The number of rotatable bonds is 4. The summed E-state index contributed by atoms with van der Waals surface area (Å²) in [5, 5.41) is 5.49. The highest BCUT2D eigenvalue weighted by atomic mass is 19.1. The quantitative estimate of drug-likeness (QED) is 0.564. The molecule has 0 saturated carbocycles. The van der Waals surface area contributed by atoms with Crippen LogP contribution >= 0.6 is 0 Å². The molecule has 0 fully saturated rings. The molecule has 0 bridgehead atoms. The third-order valence-electron chi connectivity index (χ3n) is 3.42. The Morgan fingerprint density at radius 3 is 2.59 bits per heavy atom. The van der Waals surface area contributed by atoms with E-state index in [-0.39, 0.29) is 5.82 Å². The van der Waals surface area contributed by atoms with Crippen molar-refractivity contribution in [3.63, 3.8) is 0 Å². The second-order valence-electron chi connectivity index (χ2n) is 4.92. The predicted molar refractivity (Wildman–Crippen MR) is 88.6 cm³/mol. The summed E-state index contributed by atoms with van der Waals surface area (Å²) in [6.45, 7) is 2.01. The number of pyridine rings is 1. The van der Waals surface area contributed by atoms with Crippen molar-refractivity contribution in [1.82, 2.24) is 4.98 Å². The van der Waals surface area contributed by atoms with Crippen LogP contribution in [0.25, 0.3) is 10.9 Å². The van der Waals surface area contributed by atoms with Crippen LogP contribution in [-0.2, 0) is 0 Å². The number of para-hydroxylation sites is 1. The van der Waals surface area contributed by atoms with Crippen LogP contribution in [0.2, 0.25) is 0 Å². The van der Waals surface area contributed by atoms with Crippen molar-refractivity contribution in [2.24, 2.45) is 5.10 Å². The molecule has 1 N–H and O–H groups in total. The molecule has 1 aromatic heterocycles. The number of anilines is 1. The molecular formula is C18H16FN3.